The van der Waals surface area contributed by atoms with Gasteiger partial charge in [0.05, 0.1) is 5.54 Å². The van der Waals surface area contributed by atoms with Crippen LogP contribution in [0, 0.1) is 0 Å². The predicted molar refractivity (Wildman–Crippen MR) is 62.2 cm³/mol. The van der Waals surface area contributed by atoms with Gasteiger partial charge in [-0.2, -0.15) is 0 Å². The van der Waals surface area contributed by atoms with Gasteiger partial charge in [-0.3, -0.25) is 4.79 Å². The van der Waals surface area contributed by atoms with Gasteiger partial charge in [-0.25, -0.2) is 0 Å². The first-order chi connectivity index (χ1) is 7.71. The average Bonchev–Trinajstić information content (AvgIpc) is 2.31. The molecule has 1 amide bonds. The second-order valence-electron chi connectivity index (χ2n) is 5.08. The summed E-state index contributed by atoms with van der Waals surface area (Å²) in [4.78, 5) is 12.2. The highest BCUT2D eigenvalue weighted by molar-refractivity contribution is 5.86. The highest BCUT2D eigenvalue weighted by Gasteiger charge is 2.35. The van der Waals surface area contributed by atoms with E-state index in [0.717, 1.165) is 45.4 Å². The maximum atomic E-state index is 12.2. The standard InChI is InChI=1S/C12H22N2O2/c1-12(6-2-3-7-13-12)11(15)14-10-4-8-16-9-5-10/h10,13H,2-9H2,1H3,(H,14,15). The molecule has 2 saturated heterocycles. The van der Waals surface area contributed by atoms with Crippen molar-refractivity contribution in [1.82, 2.24) is 10.6 Å². The molecule has 0 bridgehead atoms. The van der Waals surface area contributed by atoms with E-state index in [1.165, 1.54) is 6.42 Å². The Morgan fingerprint density at radius 2 is 2.12 bits per heavy atom. The summed E-state index contributed by atoms with van der Waals surface area (Å²) < 4.78 is 5.28. The molecule has 2 N–H and O–H groups in total. The molecule has 0 aromatic heterocycles. The van der Waals surface area contributed by atoms with Crippen molar-refractivity contribution in [2.45, 2.75) is 50.6 Å². The second-order valence-corrected chi connectivity index (χ2v) is 5.08. The first-order valence-corrected chi connectivity index (χ1v) is 6.34. The Bertz CT molecular complexity index is 243. The number of piperidine rings is 1. The molecular formula is C12H22N2O2. The molecule has 0 saturated carbocycles. The molecular weight excluding hydrogens is 204 g/mol. The fraction of sp³-hybridized carbons (Fsp3) is 0.917. The number of hydrogen-bond donors (Lipinski definition) is 2. The number of ether oxygens (including phenoxy) is 1. The Hall–Kier alpha value is -0.610. The zero-order chi connectivity index (χ0) is 11.4. The zero-order valence-corrected chi connectivity index (χ0v) is 10.1. The van der Waals surface area contributed by atoms with Gasteiger partial charge in [0.15, 0.2) is 0 Å². The lowest BCUT2D eigenvalue weighted by Gasteiger charge is -2.35. The second kappa shape index (κ2) is 5.15. The summed E-state index contributed by atoms with van der Waals surface area (Å²) >= 11 is 0. The van der Waals surface area contributed by atoms with Crippen molar-refractivity contribution in [1.29, 1.82) is 0 Å². The Labute approximate surface area is 97.1 Å². The third-order valence-corrected chi connectivity index (χ3v) is 3.68. The lowest BCUT2D eigenvalue weighted by atomic mass is 9.89. The van der Waals surface area contributed by atoms with Crippen LogP contribution in [-0.4, -0.2) is 37.2 Å². The molecule has 0 radical (unpaired) electrons. The Balaban J connectivity index is 1.85. The normalized spacial score (nSPS) is 32.3. The molecule has 1 atom stereocenters. The minimum absolute atomic E-state index is 0.166. The maximum absolute atomic E-state index is 12.2. The molecule has 2 heterocycles. The van der Waals surface area contributed by atoms with Gasteiger partial charge < -0.3 is 15.4 Å². The van der Waals surface area contributed by atoms with E-state index in [1.54, 1.807) is 0 Å². The summed E-state index contributed by atoms with van der Waals surface area (Å²) in [5, 5.41) is 6.49. The van der Waals surface area contributed by atoms with Crippen molar-refractivity contribution < 1.29 is 9.53 Å². The average molecular weight is 226 g/mol. The van der Waals surface area contributed by atoms with Crippen molar-refractivity contribution in [2.24, 2.45) is 0 Å². The van der Waals surface area contributed by atoms with Gasteiger partial charge in [-0.1, -0.05) is 0 Å². The third kappa shape index (κ3) is 2.74. The summed E-state index contributed by atoms with van der Waals surface area (Å²) in [6, 6.07) is 0.307. The molecule has 4 nitrogen and oxygen atoms in total. The monoisotopic (exact) mass is 226 g/mol. The van der Waals surface area contributed by atoms with Crippen LogP contribution in [0.5, 0.6) is 0 Å². The van der Waals surface area contributed by atoms with Gasteiger partial charge in [0, 0.05) is 19.3 Å². The van der Waals surface area contributed by atoms with Crippen molar-refractivity contribution in [3.63, 3.8) is 0 Å². The lowest BCUT2D eigenvalue weighted by molar-refractivity contribution is -0.129. The molecule has 0 aromatic carbocycles. The van der Waals surface area contributed by atoms with E-state index in [9.17, 15) is 4.79 Å². The highest BCUT2D eigenvalue weighted by Crippen LogP contribution is 2.19. The quantitative estimate of drug-likeness (QED) is 0.732. The highest BCUT2D eigenvalue weighted by atomic mass is 16.5. The van der Waals surface area contributed by atoms with Gasteiger partial charge in [-0.15, -0.1) is 0 Å². The molecule has 1 unspecified atom stereocenters. The number of carbonyl (C=O) groups excluding carboxylic acids is 1. The molecule has 2 rings (SSSR count). The van der Waals surface area contributed by atoms with Crippen molar-refractivity contribution in [3.8, 4) is 0 Å². The van der Waals surface area contributed by atoms with Crippen LogP contribution >= 0.6 is 0 Å². The molecule has 4 heteroatoms. The zero-order valence-electron chi connectivity index (χ0n) is 10.1. The van der Waals surface area contributed by atoms with E-state index in [2.05, 4.69) is 10.6 Å². The van der Waals surface area contributed by atoms with Gasteiger partial charge in [0.2, 0.25) is 5.91 Å². The first-order valence-electron chi connectivity index (χ1n) is 6.34. The van der Waals surface area contributed by atoms with Crippen molar-refractivity contribution in [3.05, 3.63) is 0 Å². The Kier molecular flexibility index (Phi) is 3.82. The van der Waals surface area contributed by atoms with Gasteiger partial charge in [-0.05, 0) is 45.6 Å². The van der Waals surface area contributed by atoms with Crippen LogP contribution in [0.1, 0.15) is 39.0 Å². The van der Waals surface area contributed by atoms with Crippen molar-refractivity contribution in [2.75, 3.05) is 19.8 Å². The number of hydrogen-bond acceptors (Lipinski definition) is 3. The van der Waals surface area contributed by atoms with E-state index in [-0.39, 0.29) is 11.4 Å². The summed E-state index contributed by atoms with van der Waals surface area (Å²) in [5.41, 5.74) is -0.351. The molecule has 2 fully saturated rings. The minimum Gasteiger partial charge on any atom is -0.381 e. The predicted octanol–water partition coefficient (Wildman–Crippen LogP) is 0.814. The molecule has 2 aliphatic rings. The number of nitrogens with one attached hydrogen (secondary N) is 2. The van der Waals surface area contributed by atoms with Crippen LogP contribution in [0.3, 0.4) is 0 Å². The molecule has 0 aromatic rings. The van der Waals surface area contributed by atoms with Crippen LogP contribution in [0.25, 0.3) is 0 Å². The summed E-state index contributed by atoms with van der Waals surface area (Å²) in [5.74, 6) is 0.166. The Morgan fingerprint density at radius 3 is 2.75 bits per heavy atom. The first kappa shape index (κ1) is 11.9. The van der Waals surface area contributed by atoms with Crippen LogP contribution in [0.2, 0.25) is 0 Å². The topological polar surface area (TPSA) is 50.4 Å². The van der Waals surface area contributed by atoms with Gasteiger partial charge in [0.25, 0.3) is 0 Å². The molecule has 0 spiro atoms. The largest absolute Gasteiger partial charge is 0.381 e. The number of amides is 1. The smallest absolute Gasteiger partial charge is 0.240 e. The van der Waals surface area contributed by atoms with E-state index >= 15 is 0 Å². The van der Waals surface area contributed by atoms with Crippen molar-refractivity contribution >= 4 is 5.91 Å². The molecule has 16 heavy (non-hydrogen) atoms. The van der Waals surface area contributed by atoms with E-state index in [4.69, 9.17) is 4.74 Å². The Morgan fingerprint density at radius 1 is 1.38 bits per heavy atom. The number of rotatable bonds is 2. The fourth-order valence-electron chi connectivity index (χ4n) is 2.44. The minimum atomic E-state index is -0.351. The van der Waals surface area contributed by atoms with Crippen LogP contribution in [-0.2, 0) is 9.53 Å². The van der Waals surface area contributed by atoms with E-state index < -0.39 is 0 Å². The van der Waals surface area contributed by atoms with E-state index in [0.29, 0.717) is 6.04 Å². The lowest BCUT2D eigenvalue weighted by Crippen LogP contribution is -2.59. The molecule has 0 aliphatic carbocycles. The van der Waals surface area contributed by atoms with Crippen LogP contribution in [0.4, 0.5) is 0 Å². The van der Waals surface area contributed by atoms with Crippen LogP contribution < -0.4 is 10.6 Å². The summed E-state index contributed by atoms with van der Waals surface area (Å²) in [6.45, 7) is 4.52. The van der Waals surface area contributed by atoms with Gasteiger partial charge >= 0.3 is 0 Å². The molecule has 2 aliphatic heterocycles. The van der Waals surface area contributed by atoms with E-state index in [1.807, 2.05) is 6.92 Å². The maximum Gasteiger partial charge on any atom is 0.240 e. The third-order valence-electron chi connectivity index (χ3n) is 3.68. The van der Waals surface area contributed by atoms with Gasteiger partial charge in [0.1, 0.15) is 0 Å². The molecule has 92 valence electrons. The summed E-state index contributed by atoms with van der Waals surface area (Å²) in [7, 11) is 0. The van der Waals surface area contributed by atoms with Crippen LogP contribution in [0.15, 0.2) is 0 Å². The fourth-order valence-corrected chi connectivity index (χ4v) is 2.44. The number of carbonyl (C=O) groups is 1. The SMILES string of the molecule is CC1(C(=O)NC2CCOCC2)CCCCN1. The summed E-state index contributed by atoms with van der Waals surface area (Å²) in [6.07, 6.45) is 5.16.